The zero-order valence-electron chi connectivity index (χ0n) is 16.8. The summed E-state index contributed by atoms with van der Waals surface area (Å²) < 4.78 is 5.27. The molecule has 0 aromatic heterocycles. The Morgan fingerprint density at radius 2 is 1.93 bits per heavy atom. The lowest BCUT2D eigenvalue weighted by Gasteiger charge is -2.28. The summed E-state index contributed by atoms with van der Waals surface area (Å²) in [7, 11) is 3.50. The largest absolute Gasteiger partial charge is 0.497 e. The van der Waals surface area contributed by atoms with Crippen LogP contribution in [0.15, 0.2) is 53.5 Å². The molecule has 1 heterocycles. The Bertz CT molecular complexity index is 766. The van der Waals surface area contributed by atoms with E-state index in [4.69, 9.17) is 4.74 Å². The van der Waals surface area contributed by atoms with Gasteiger partial charge in [-0.15, -0.1) is 24.0 Å². The number of hydrogen-bond donors (Lipinski definition) is 2. The van der Waals surface area contributed by atoms with Crippen molar-refractivity contribution >= 4 is 29.9 Å². The van der Waals surface area contributed by atoms with Gasteiger partial charge in [0.2, 0.25) is 0 Å². The molecule has 0 fully saturated rings. The summed E-state index contributed by atoms with van der Waals surface area (Å²) in [5.74, 6) is 1.71. The minimum atomic E-state index is 0. The van der Waals surface area contributed by atoms with Gasteiger partial charge in [-0.3, -0.25) is 9.89 Å². The van der Waals surface area contributed by atoms with Crippen LogP contribution in [0.4, 0.5) is 0 Å². The Morgan fingerprint density at radius 3 is 2.71 bits per heavy atom. The van der Waals surface area contributed by atoms with Gasteiger partial charge >= 0.3 is 0 Å². The topological polar surface area (TPSA) is 48.9 Å². The number of ether oxygens (including phenoxy) is 1. The highest BCUT2D eigenvalue weighted by atomic mass is 127. The van der Waals surface area contributed by atoms with Crippen LogP contribution >= 0.6 is 24.0 Å². The molecule has 0 aliphatic carbocycles. The molecule has 0 amide bonds. The number of aliphatic imine (C=N–C) groups is 1. The number of nitrogens with zero attached hydrogens (tertiary/aromatic N) is 2. The van der Waals surface area contributed by atoms with Crippen LogP contribution in [0.25, 0.3) is 0 Å². The minimum Gasteiger partial charge on any atom is -0.497 e. The van der Waals surface area contributed by atoms with Crippen LogP contribution in [0.3, 0.4) is 0 Å². The van der Waals surface area contributed by atoms with Crippen LogP contribution < -0.4 is 15.4 Å². The Balaban J connectivity index is 0.00000280. The van der Waals surface area contributed by atoms with E-state index in [1.54, 1.807) is 7.11 Å². The normalized spacial score (nSPS) is 14.0. The molecular weight excluding hydrogens is 463 g/mol. The molecule has 28 heavy (non-hydrogen) atoms. The van der Waals surface area contributed by atoms with Gasteiger partial charge in [0, 0.05) is 39.8 Å². The molecule has 0 bridgehead atoms. The molecule has 2 N–H and O–H groups in total. The Hall–Kier alpha value is -1.80. The molecule has 1 aliphatic rings. The van der Waals surface area contributed by atoms with Crippen LogP contribution in [0, 0.1) is 0 Å². The predicted molar refractivity (Wildman–Crippen MR) is 127 cm³/mol. The molecule has 6 heteroatoms. The molecule has 3 rings (SSSR count). The highest BCUT2D eigenvalue weighted by Crippen LogP contribution is 2.18. The fourth-order valence-corrected chi connectivity index (χ4v) is 3.44. The summed E-state index contributed by atoms with van der Waals surface area (Å²) >= 11 is 0. The van der Waals surface area contributed by atoms with E-state index in [-0.39, 0.29) is 24.0 Å². The third kappa shape index (κ3) is 6.67. The number of nitrogens with one attached hydrogen (secondary N) is 2. The molecule has 0 saturated heterocycles. The van der Waals surface area contributed by atoms with Crippen molar-refractivity contribution in [2.24, 2.45) is 4.99 Å². The number of hydrogen-bond acceptors (Lipinski definition) is 3. The number of halogens is 1. The quantitative estimate of drug-likeness (QED) is 0.268. The van der Waals surface area contributed by atoms with Crippen molar-refractivity contribution in [3.05, 3.63) is 65.2 Å². The number of rotatable bonds is 7. The maximum Gasteiger partial charge on any atom is 0.191 e. The van der Waals surface area contributed by atoms with Crippen LogP contribution in [0.1, 0.15) is 23.1 Å². The first kappa shape index (κ1) is 22.5. The van der Waals surface area contributed by atoms with Crippen LogP contribution in [-0.4, -0.2) is 44.7 Å². The fourth-order valence-electron chi connectivity index (χ4n) is 3.44. The first-order chi connectivity index (χ1) is 13.3. The lowest BCUT2D eigenvalue weighted by atomic mass is 10.00. The summed E-state index contributed by atoms with van der Waals surface area (Å²) in [5.41, 5.74) is 4.16. The second-order valence-electron chi connectivity index (χ2n) is 6.85. The highest BCUT2D eigenvalue weighted by molar-refractivity contribution is 14.0. The van der Waals surface area contributed by atoms with Gasteiger partial charge in [-0.2, -0.15) is 0 Å². The summed E-state index contributed by atoms with van der Waals surface area (Å²) in [4.78, 5) is 6.85. The summed E-state index contributed by atoms with van der Waals surface area (Å²) in [5, 5.41) is 6.77. The Kier molecular flexibility index (Phi) is 9.57. The van der Waals surface area contributed by atoms with E-state index in [1.165, 1.54) is 16.7 Å². The van der Waals surface area contributed by atoms with E-state index in [0.717, 1.165) is 57.3 Å². The van der Waals surface area contributed by atoms with E-state index in [2.05, 4.69) is 50.9 Å². The zero-order chi connectivity index (χ0) is 18.9. The SMILES string of the molecule is CN=C(NCCCN1CCc2ccccc2C1)NCc1cccc(OC)c1.I. The van der Waals surface area contributed by atoms with E-state index in [0.29, 0.717) is 0 Å². The van der Waals surface area contributed by atoms with Crippen molar-refractivity contribution in [3.8, 4) is 5.75 Å². The highest BCUT2D eigenvalue weighted by Gasteiger charge is 2.14. The van der Waals surface area contributed by atoms with E-state index in [1.807, 2.05) is 25.2 Å². The van der Waals surface area contributed by atoms with Gasteiger partial charge in [0.15, 0.2) is 5.96 Å². The molecule has 0 radical (unpaired) electrons. The molecule has 0 saturated carbocycles. The van der Waals surface area contributed by atoms with Crippen molar-refractivity contribution in [1.29, 1.82) is 0 Å². The summed E-state index contributed by atoms with van der Waals surface area (Å²) in [6.45, 7) is 4.96. The molecule has 0 spiro atoms. The molecule has 2 aromatic carbocycles. The second-order valence-corrected chi connectivity index (χ2v) is 6.85. The number of benzene rings is 2. The number of fused-ring (bicyclic) bond motifs is 1. The number of methoxy groups -OCH3 is 1. The maximum absolute atomic E-state index is 5.27. The zero-order valence-corrected chi connectivity index (χ0v) is 19.1. The standard InChI is InChI=1S/C22H30N4O.HI/c1-23-22(25-16-18-7-5-10-21(15-18)27-2)24-12-6-13-26-14-11-19-8-3-4-9-20(19)17-26;/h3-5,7-10,15H,6,11-14,16-17H2,1-2H3,(H2,23,24,25);1H. The van der Waals surface area contributed by atoms with Crippen molar-refractivity contribution in [2.45, 2.75) is 25.9 Å². The lowest BCUT2D eigenvalue weighted by Crippen LogP contribution is -2.39. The molecular formula is C22H31IN4O. The van der Waals surface area contributed by atoms with Crippen LogP contribution in [0.2, 0.25) is 0 Å². The van der Waals surface area contributed by atoms with Gasteiger partial charge in [-0.1, -0.05) is 36.4 Å². The first-order valence-corrected chi connectivity index (χ1v) is 9.65. The van der Waals surface area contributed by atoms with Gasteiger partial charge in [-0.05, 0) is 41.7 Å². The molecule has 0 unspecified atom stereocenters. The molecule has 2 aromatic rings. The van der Waals surface area contributed by atoms with Gasteiger partial charge in [-0.25, -0.2) is 0 Å². The van der Waals surface area contributed by atoms with Crippen molar-refractivity contribution in [3.63, 3.8) is 0 Å². The Labute approximate surface area is 185 Å². The summed E-state index contributed by atoms with van der Waals surface area (Å²) in [6.07, 6.45) is 2.26. The minimum absolute atomic E-state index is 0. The van der Waals surface area contributed by atoms with Gasteiger partial charge < -0.3 is 15.4 Å². The van der Waals surface area contributed by atoms with E-state index < -0.39 is 0 Å². The molecule has 0 atom stereocenters. The summed E-state index contributed by atoms with van der Waals surface area (Å²) in [6, 6.07) is 16.9. The van der Waals surface area contributed by atoms with Crippen molar-refractivity contribution in [1.82, 2.24) is 15.5 Å². The number of guanidine groups is 1. The molecule has 1 aliphatic heterocycles. The average molecular weight is 494 g/mol. The average Bonchev–Trinajstić information content (AvgIpc) is 2.73. The predicted octanol–water partition coefficient (Wildman–Crippen LogP) is 3.43. The van der Waals surface area contributed by atoms with Crippen LogP contribution in [0.5, 0.6) is 5.75 Å². The molecule has 5 nitrogen and oxygen atoms in total. The van der Waals surface area contributed by atoms with Gasteiger partial charge in [0.1, 0.15) is 5.75 Å². The van der Waals surface area contributed by atoms with Crippen molar-refractivity contribution < 1.29 is 4.74 Å². The third-order valence-corrected chi connectivity index (χ3v) is 4.97. The van der Waals surface area contributed by atoms with Gasteiger partial charge in [0.25, 0.3) is 0 Å². The first-order valence-electron chi connectivity index (χ1n) is 9.65. The van der Waals surface area contributed by atoms with Gasteiger partial charge in [0.05, 0.1) is 7.11 Å². The van der Waals surface area contributed by atoms with E-state index in [9.17, 15) is 0 Å². The van der Waals surface area contributed by atoms with Crippen LogP contribution in [-0.2, 0) is 19.5 Å². The third-order valence-electron chi connectivity index (χ3n) is 4.97. The Morgan fingerprint density at radius 1 is 1.11 bits per heavy atom. The fraction of sp³-hybridized carbons (Fsp3) is 0.409. The lowest BCUT2D eigenvalue weighted by molar-refractivity contribution is 0.251. The second kappa shape index (κ2) is 11.9. The van der Waals surface area contributed by atoms with E-state index >= 15 is 0 Å². The molecule has 152 valence electrons. The van der Waals surface area contributed by atoms with Crippen molar-refractivity contribution in [2.75, 3.05) is 33.8 Å². The monoisotopic (exact) mass is 494 g/mol. The maximum atomic E-state index is 5.27. The smallest absolute Gasteiger partial charge is 0.191 e.